The summed E-state index contributed by atoms with van der Waals surface area (Å²) in [7, 11) is 1.74. The Hall–Kier alpha value is -1.62. The van der Waals surface area contributed by atoms with Crippen molar-refractivity contribution >= 4 is 27.7 Å². The number of rotatable bonds is 5. The van der Waals surface area contributed by atoms with Crippen molar-refractivity contribution < 1.29 is 9.21 Å². The second-order valence-corrected chi connectivity index (χ2v) is 5.57. The zero-order valence-corrected chi connectivity index (χ0v) is 13.2. The first kappa shape index (κ1) is 14.8. The third kappa shape index (κ3) is 3.93. The van der Waals surface area contributed by atoms with E-state index < -0.39 is 0 Å². The van der Waals surface area contributed by atoms with Crippen LogP contribution >= 0.6 is 15.9 Å². The highest BCUT2D eigenvalue weighted by atomic mass is 79.9. The van der Waals surface area contributed by atoms with Crippen LogP contribution in [0.15, 0.2) is 39.4 Å². The summed E-state index contributed by atoms with van der Waals surface area (Å²) in [5.74, 6) is 2.54. The maximum Gasteiger partial charge on any atom is 0.227 e. The maximum absolute atomic E-state index is 12.1. The molecule has 0 atom stereocenters. The predicted molar refractivity (Wildman–Crippen MR) is 81.7 cm³/mol. The Morgan fingerprint density at radius 1 is 1.40 bits per heavy atom. The summed E-state index contributed by atoms with van der Waals surface area (Å²) in [6, 6.07) is 7.56. The zero-order chi connectivity index (χ0) is 14.5. The Kier molecular flexibility index (Phi) is 4.95. The number of carbonyl (C=O) groups excluding carboxylic acids is 1. The van der Waals surface area contributed by atoms with Gasteiger partial charge in [0.1, 0.15) is 17.3 Å². The van der Waals surface area contributed by atoms with Crippen LogP contribution in [0.1, 0.15) is 24.4 Å². The lowest BCUT2D eigenvalue weighted by Gasteiger charge is -2.16. The minimum atomic E-state index is 0.0545. The van der Waals surface area contributed by atoms with Crippen LogP contribution in [0.4, 0.5) is 5.82 Å². The minimum absolute atomic E-state index is 0.0545. The summed E-state index contributed by atoms with van der Waals surface area (Å²) in [6.45, 7) is 1.92. The van der Waals surface area contributed by atoms with Gasteiger partial charge in [0.15, 0.2) is 0 Å². The Balaban J connectivity index is 1.85. The molecule has 0 radical (unpaired) electrons. The summed E-state index contributed by atoms with van der Waals surface area (Å²) in [4.78, 5) is 17.9. The zero-order valence-electron chi connectivity index (χ0n) is 11.6. The second kappa shape index (κ2) is 6.70. The number of carbonyl (C=O) groups is 1. The van der Waals surface area contributed by atoms with Crippen molar-refractivity contribution in [3.8, 4) is 0 Å². The van der Waals surface area contributed by atoms with Gasteiger partial charge in [0.2, 0.25) is 5.91 Å². The molecule has 106 valence electrons. The van der Waals surface area contributed by atoms with Crippen LogP contribution in [0.2, 0.25) is 0 Å². The SMILES string of the molecule is Cc1ccc(CCCC(=O)N(C)c2cc(Br)ccn2)o1. The molecule has 2 rings (SSSR count). The average molecular weight is 337 g/mol. The maximum atomic E-state index is 12.1. The van der Waals surface area contributed by atoms with E-state index in [1.54, 1.807) is 18.1 Å². The highest BCUT2D eigenvalue weighted by molar-refractivity contribution is 9.10. The van der Waals surface area contributed by atoms with E-state index in [0.717, 1.165) is 28.8 Å². The topological polar surface area (TPSA) is 46.3 Å². The smallest absolute Gasteiger partial charge is 0.227 e. The number of halogens is 1. The molecule has 0 N–H and O–H groups in total. The van der Waals surface area contributed by atoms with E-state index in [9.17, 15) is 4.79 Å². The molecule has 0 saturated heterocycles. The Bertz CT molecular complexity index is 595. The fourth-order valence-electron chi connectivity index (χ4n) is 1.91. The Morgan fingerprint density at radius 2 is 2.20 bits per heavy atom. The summed E-state index contributed by atoms with van der Waals surface area (Å²) >= 11 is 3.37. The van der Waals surface area contributed by atoms with Crippen LogP contribution in [0.3, 0.4) is 0 Å². The number of nitrogens with zero attached hydrogens (tertiary/aromatic N) is 2. The molecule has 20 heavy (non-hydrogen) atoms. The van der Waals surface area contributed by atoms with Gasteiger partial charge in [-0.25, -0.2) is 4.98 Å². The van der Waals surface area contributed by atoms with Crippen LogP contribution in [0.25, 0.3) is 0 Å². The number of amides is 1. The van der Waals surface area contributed by atoms with Crippen LogP contribution in [-0.2, 0) is 11.2 Å². The number of aromatic nitrogens is 1. The van der Waals surface area contributed by atoms with E-state index in [1.807, 2.05) is 31.2 Å². The standard InChI is InChI=1S/C15H17BrN2O2/c1-11-6-7-13(20-11)4-3-5-15(19)18(2)14-10-12(16)8-9-17-14/h6-10H,3-5H2,1-2H3. The van der Waals surface area contributed by atoms with Gasteiger partial charge in [0.05, 0.1) is 0 Å². The van der Waals surface area contributed by atoms with Gasteiger partial charge in [-0.3, -0.25) is 9.69 Å². The molecule has 5 heteroatoms. The molecule has 0 unspecified atom stereocenters. The highest BCUT2D eigenvalue weighted by Crippen LogP contribution is 2.17. The van der Waals surface area contributed by atoms with Crippen molar-refractivity contribution in [3.05, 3.63) is 46.5 Å². The lowest BCUT2D eigenvalue weighted by atomic mass is 10.2. The molecule has 4 nitrogen and oxygen atoms in total. The predicted octanol–water partition coefficient (Wildman–Crippen LogP) is 3.73. The van der Waals surface area contributed by atoms with Gasteiger partial charge in [-0.1, -0.05) is 15.9 Å². The third-order valence-electron chi connectivity index (χ3n) is 3.04. The molecular weight excluding hydrogens is 320 g/mol. The molecule has 2 aromatic rings. The monoisotopic (exact) mass is 336 g/mol. The van der Waals surface area contributed by atoms with Gasteiger partial charge < -0.3 is 4.42 Å². The first-order valence-electron chi connectivity index (χ1n) is 6.49. The normalized spacial score (nSPS) is 10.6. The number of pyridine rings is 1. The average Bonchev–Trinajstić information content (AvgIpc) is 2.83. The molecule has 0 aromatic carbocycles. The van der Waals surface area contributed by atoms with Gasteiger partial charge >= 0.3 is 0 Å². The van der Waals surface area contributed by atoms with Crippen molar-refractivity contribution in [2.75, 3.05) is 11.9 Å². The van der Waals surface area contributed by atoms with E-state index in [2.05, 4.69) is 20.9 Å². The summed E-state index contributed by atoms with van der Waals surface area (Å²) in [5.41, 5.74) is 0. The van der Waals surface area contributed by atoms with E-state index in [1.165, 1.54) is 0 Å². The highest BCUT2D eigenvalue weighted by Gasteiger charge is 2.12. The fourth-order valence-corrected chi connectivity index (χ4v) is 2.23. The molecular formula is C15H17BrN2O2. The number of furan rings is 1. The molecule has 2 heterocycles. The van der Waals surface area contributed by atoms with Gasteiger partial charge in [-0.15, -0.1) is 0 Å². The first-order valence-corrected chi connectivity index (χ1v) is 7.29. The third-order valence-corrected chi connectivity index (χ3v) is 3.53. The van der Waals surface area contributed by atoms with Crippen molar-refractivity contribution in [2.24, 2.45) is 0 Å². The summed E-state index contributed by atoms with van der Waals surface area (Å²) in [6.07, 6.45) is 3.70. The van der Waals surface area contributed by atoms with Crippen LogP contribution in [0.5, 0.6) is 0 Å². The largest absolute Gasteiger partial charge is 0.466 e. The molecule has 2 aromatic heterocycles. The van der Waals surface area contributed by atoms with Gasteiger partial charge in [-0.2, -0.15) is 0 Å². The molecule has 0 saturated carbocycles. The Labute approximate surface area is 126 Å². The lowest BCUT2D eigenvalue weighted by Crippen LogP contribution is -2.26. The number of aryl methyl sites for hydroxylation is 2. The lowest BCUT2D eigenvalue weighted by molar-refractivity contribution is -0.118. The van der Waals surface area contributed by atoms with E-state index in [-0.39, 0.29) is 5.91 Å². The number of anilines is 1. The molecule has 0 bridgehead atoms. The number of hydrogen-bond donors (Lipinski definition) is 0. The summed E-state index contributed by atoms with van der Waals surface area (Å²) < 4.78 is 6.39. The molecule has 0 fully saturated rings. The molecule has 0 spiro atoms. The van der Waals surface area contributed by atoms with E-state index in [4.69, 9.17) is 4.42 Å². The van der Waals surface area contributed by atoms with Crippen molar-refractivity contribution in [3.63, 3.8) is 0 Å². The quantitative estimate of drug-likeness (QED) is 0.835. The van der Waals surface area contributed by atoms with Crippen molar-refractivity contribution in [2.45, 2.75) is 26.2 Å². The second-order valence-electron chi connectivity index (χ2n) is 4.65. The van der Waals surface area contributed by atoms with Crippen LogP contribution in [-0.4, -0.2) is 17.9 Å². The molecule has 0 aliphatic rings. The van der Waals surface area contributed by atoms with Crippen LogP contribution in [0, 0.1) is 6.92 Å². The minimum Gasteiger partial charge on any atom is -0.466 e. The van der Waals surface area contributed by atoms with Crippen LogP contribution < -0.4 is 4.90 Å². The van der Waals surface area contributed by atoms with Gasteiger partial charge in [-0.05, 0) is 37.6 Å². The Morgan fingerprint density at radius 3 is 2.85 bits per heavy atom. The van der Waals surface area contributed by atoms with Crippen molar-refractivity contribution in [1.82, 2.24) is 4.98 Å². The summed E-state index contributed by atoms with van der Waals surface area (Å²) in [5, 5.41) is 0. The van der Waals surface area contributed by atoms with Gasteiger partial charge in [0, 0.05) is 30.6 Å². The molecule has 1 amide bonds. The van der Waals surface area contributed by atoms with E-state index in [0.29, 0.717) is 12.2 Å². The first-order chi connectivity index (χ1) is 9.56. The molecule has 0 aliphatic carbocycles. The van der Waals surface area contributed by atoms with E-state index >= 15 is 0 Å². The molecule has 0 aliphatic heterocycles. The van der Waals surface area contributed by atoms with Gasteiger partial charge in [0.25, 0.3) is 0 Å². The van der Waals surface area contributed by atoms with Crippen molar-refractivity contribution in [1.29, 1.82) is 0 Å². The number of hydrogen-bond acceptors (Lipinski definition) is 3. The fraction of sp³-hybridized carbons (Fsp3) is 0.333.